The number of nitrogens with zero attached hydrogens (tertiary/aromatic N) is 2. The van der Waals surface area contributed by atoms with Crippen molar-refractivity contribution in [1.82, 2.24) is 9.97 Å². The quantitative estimate of drug-likeness (QED) is 0.210. The van der Waals surface area contributed by atoms with Gasteiger partial charge in [-0.1, -0.05) is 62.0 Å². The molecule has 40 heavy (non-hydrogen) atoms. The Hall–Kier alpha value is -3.20. The monoisotopic (exact) mass is 570 g/mol. The molecule has 0 aliphatic carbocycles. The summed E-state index contributed by atoms with van der Waals surface area (Å²) in [6, 6.07) is 21.3. The van der Waals surface area contributed by atoms with Crippen LogP contribution < -0.4 is 15.8 Å². The molecule has 2 aliphatic heterocycles. The number of pyridine rings is 2. The van der Waals surface area contributed by atoms with Crippen molar-refractivity contribution in [1.29, 1.82) is 0 Å². The Morgan fingerprint density at radius 2 is 2.00 bits per heavy atom. The molecule has 1 fully saturated rings. The molecule has 0 radical (unpaired) electrons. The van der Waals surface area contributed by atoms with Crippen molar-refractivity contribution < 1.29 is 4.74 Å². The van der Waals surface area contributed by atoms with Crippen molar-refractivity contribution in [3.63, 3.8) is 0 Å². The number of hydrogen-bond acceptors (Lipinski definition) is 7. The zero-order valence-corrected chi connectivity index (χ0v) is 24.6. The first kappa shape index (κ1) is 27.0. The maximum Gasteiger partial charge on any atom is 0.271 e. The Labute approximate surface area is 244 Å². The van der Waals surface area contributed by atoms with Crippen molar-refractivity contribution in [3.05, 3.63) is 100 Å². The average Bonchev–Trinajstić information content (AvgIpc) is 2.99. The molecule has 2 N–H and O–H groups in total. The molecule has 2 aliphatic rings. The molecule has 6 nitrogen and oxygen atoms in total. The third-order valence-corrected chi connectivity index (χ3v) is 10.3. The van der Waals surface area contributed by atoms with Crippen molar-refractivity contribution in [2.24, 2.45) is 5.92 Å². The molecular formula is C32H34N4O2S2. The van der Waals surface area contributed by atoms with E-state index in [0.29, 0.717) is 31.3 Å². The summed E-state index contributed by atoms with van der Waals surface area (Å²) < 4.78 is 6.26. The maximum atomic E-state index is 12.4. The second kappa shape index (κ2) is 11.7. The number of nitrogens with one attached hydrogen (secondary N) is 2. The van der Waals surface area contributed by atoms with E-state index in [0.717, 1.165) is 17.8 Å². The lowest BCUT2D eigenvalue weighted by Crippen LogP contribution is -2.41. The van der Waals surface area contributed by atoms with Crippen molar-refractivity contribution in [3.8, 4) is 0 Å². The fourth-order valence-corrected chi connectivity index (χ4v) is 7.72. The molecule has 3 atom stereocenters. The highest BCUT2D eigenvalue weighted by Crippen LogP contribution is 2.52. The normalized spacial score (nSPS) is 18.0. The molecule has 0 saturated carbocycles. The number of aromatic nitrogens is 2. The SMILES string of the molecule is CCC(C)C(Nc1ccc2c(c1)Sc1cccc(C3CN(c4ccc[nH]c4=O)CCO3)c1S2)c1ccc(C)cn1. The highest BCUT2D eigenvalue weighted by molar-refractivity contribution is 8.05. The van der Waals surface area contributed by atoms with Crippen LogP contribution in [0.1, 0.15) is 49.2 Å². The summed E-state index contributed by atoms with van der Waals surface area (Å²) in [6.45, 7) is 8.52. The lowest BCUT2D eigenvalue weighted by molar-refractivity contribution is 0.0378. The molecule has 0 bridgehead atoms. The third-order valence-electron chi connectivity index (χ3n) is 7.72. The Kier molecular flexibility index (Phi) is 7.91. The Balaban J connectivity index is 1.23. The summed E-state index contributed by atoms with van der Waals surface area (Å²) in [6.07, 6.45) is 4.59. The molecular weight excluding hydrogens is 537 g/mol. The minimum atomic E-state index is -0.0998. The van der Waals surface area contributed by atoms with Gasteiger partial charge < -0.3 is 19.9 Å². The molecule has 6 rings (SSSR count). The molecule has 4 heterocycles. The first-order valence-corrected chi connectivity index (χ1v) is 15.5. The van der Waals surface area contributed by atoms with Crippen molar-refractivity contribution >= 4 is 34.9 Å². The van der Waals surface area contributed by atoms with E-state index in [1.54, 1.807) is 6.20 Å². The van der Waals surface area contributed by atoms with Crippen LogP contribution in [-0.2, 0) is 4.74 Å². The second-order valence-corrected chi connectivity index (χ2v) is 12.6. The highest BCUT2D eigenvalue weighted by Gasteiger charge is 2.29. The first-order valence-electron chi connectivity index (χ1n) is 13.9. The van der Waals surface area contributed by atoms with E-state index >= 15 is 0 Å². The van der Waals surface area contributed by atoms with E-state index in [4.69, 9.17) is 9.72 Å². The molecule has 2 aromatic heterocycles. The van der Waals surface area contributed by atoms with Crippen LogP contribution in [0.25, 0.3) is 0 Å². The predicted octanol–water partition coefficient (Wildman–Crippen LogP) is 7.47. The molecule has 8 heteroatoms. The van der Waals surface area contributed by atoms with Crippen LogP contribution in [0.2, 0.25) is 0 Å². The van der Waals surface area contributed by atoms with Gasteiger partial charge in [-0.2, -0.15) is 0 Å². The largest absolute Gasteiger partial charge is 0.376 e. The number of fused-ring (bicyclic) bond motifs is 2. The smallest absolute Gasteiger partial charge is 0.271 e. The van der Waals surface area contributed by atoms with Gasteiger partial charge in [0.1, 0.15) is 11.8 Å². The standard InChI is InChI=1S/C32H34N4O2S2/c1-4-21(3)30(24-12-10-20(2)18-34-24)35-22-11-13-27-29(17-22)39-28-9-5-7-23(31(28)40-27)26-19-36(15-16-38-26)25-8-6-14-33-32(25)37/h5-14,17-18,21,26,30,35H,4,15-16,19H2,1-3H3,(H,33,37). The van der Waals surface area contributed by atoms with Gasteiger partial charge in [0.05, 0.1) is 18.3 Å². The molecule has 206 valence electrons. The van der Waals surface area contributed by atoms with E-state index in [1.807, 2.05) is 41.9 Å². The minimum absolute atomic E-state index is 0.0600. The summed E-state index contributed by atoms with van der Waals surface area (Å²) >= 11 is 3.62. The first-order chi connectivity index (χ1) is 19.5. The van der Waals surface area contributed by atoms with Crippen molar-refractivity contribution in [2.75, 3.05) is 29.9 Å². The molecule has 2 aromatic carbocycles. The number of ether oxygens (including phenoxy) is 1. The van der Waals surface area contributed by atoms with E-state index in [2.05, 4.69) is 84.5 Å². The van der Waals surface area contributed by atoms with Crippen molar-refractivity contribution in [2.45, 2.75) is 58.9 Å². The number of hydrogen-bond donors (Lipinski definition) is 2. The maximum absolute atomic E-state index is 12.4. The van der Waals surface area contributed by atoms with Gasteiger partial charge in [0, 0.05) is 50.8 Å². The number of morpholine rings is 1. The van der Waals surface area contributed by atoms with E-state index in [-0.39, 0.29) is 17.7 Å². The fourth-order valence-electron chi connectivity index (χ4n) is 5.27. The summed E-state index contributed by atoms with van der Waals surface area (Å²) in [7, 11) is 0. The fraction of sp³-hybridized carbons (Fsp3) is 0.312. The van der Waals surface area contributed by atoms with E-state index < -0.39 is 0 Å². The topological polar surface area (TPSA) is 70.2 Å². The number of benzene rings is 2. The molecule has 1 saturated heterocycles. The Morgan fingerprint density at radius 3 is 2.80 bits per heavy atom. The summed E-state index contributed by atoms with van der Waals surface area (Å²) in [5, 5.41) is 3.79. The van der Waals surface area contributed by atoms with E-state index in [1.165, 1.54) is 30.7 Å². The summed E-state index contributed by atoms with van der Waals surface area (Å²) in [5.41, 5.74) is 5.18. The lowest BCUT2D eigenvalue weighted by atomic mass is 9.95. The van der Waals surface area contributed by atoms with Gasteiger partial charge in [-0.25, -0.2) is 0 Å². The molecule has 0 spiro atoms. The van der Waals surface area contributed by atoms with Crippen LogP contribution in [0.4, 0.5) is 11.4 Å². The minimum Gasteiger partial charge on any atom is -0.376 e. The number of anilines is 2. The lowest BCUT2D eigenvalue weighted by Gasteiger charge is -2.35. The van der Waals surface area contributed by atoms with Crippen LogP contribution in [0.5, 0.6) is 0 Å². The van der Waals surface area contributed by atoms with Crippen LogP contribution in [0.15, 0.2) is 97.4 Å². The summed E-state index contributed by atoms with van der Waals surface area (Å²) in [5.74, 6) is 0.443. The van der Waals surface area contributed by atoms with Crippen LogP contribution >= 0.6 is 23.5 Å². The zero-order valence-electron chi connectivity index (χ0n) is 23.0. The van der Waals surface area contributed by atoms with Gasteiger partial charge in [0.15, 0.2) is 0 Å². The molecule has 0 amide bonds. The van der Waals surface area contributed by atoms with Crippen LogP contribution in [0, 0.1) is 12.8 Å². The molecule has 3 unspecified atom stereocenters. The van der Waals surface area contributed by atoms with Crippen LogP contribution in [0.3, 0.4) is 0 Å². The predicted molar refractivity (Wildman–Crippen MR) is 164 cm³/mol. The Morgan fingerprint density at radius 1 is 1.10 bits per heavy atom. The van der Waals surface area contributed by atoms with Crippen LogP contribution in [-0.4, -0.2) is 29.7 Å². The number of rotatable bonds is 7. The third kappa shape index (κ3) is 5.53. The highest BCUT2D eigenvalue weighted by atomic mass is 32.2. The average molecular weight is 571 g/mol. The van der Waals surface area contributed by atoms with Gasteiger partial charge >= 0.3 is 0 Å². The van der Waals surface area contributed by atoms with Gasteiger partial charge in [-0.05, 0) is 66.4 Å². The zero-order chi connectivity index (χ0) is 27.6. The second-order valence-electron chi connectivity index (χ2n) is 10.5. The van der Waals surface area contributed by atoms with Gasteiger partial charge in [-0.15, -0.1) is 0 Å². The van der Waals surface area contributed by atoms with Gasteiger partial charge in [-0.3, -0.25) is 9.78 Å². The number of aromatic amines is 1. The number of aryl methyl sites for hydroxylation is 1. The van der Waals surface area contributed by atoms with Gasteiger partial charge in [0.25, 0.3) is 5.56 Å². The van der Waals surface area contributed by atoms with E-state index in [9.17, 15) is 4.79 Å². The molecule has 4 aromatic rings. The number of H-pyrrole nitrogens is 1. The van der Waals surface area contributed by atoms with Gasteiger partial charge in [0.2, 0.25) is 0 Å². The Bertz CT molecular complexity index is 1560. The summed E-state index contributed by atoms with van der Waals surface area (Å²) in [4.78, 5) is 27.1.